The number of aryl methyl sites for hydroxylation is 1. The average molecular weight is 382 g/mol. The van der Waals surface area contributed by atoms with Crippen LogP contribution in [-0.2, 0) is 0 Å². The highest BCUT2D eigenvalue weighted by Gasteiger charge is 2.28. The minimum Gasteiger partial charge on any atom is -0.369 e. The molecule has 0 bridgehead atoms. The number of hydrogen-bond acceptors (Lipinski definition) is 3. The summed E-state index contributed by atoms with van der Waals surface area (Å²) in [4.78, 5) is 20.9. The van der Waals surface area contributed by atoms with Crippen molar-refractivity contribution >= 4 is 34.0 Å². The van der Waals surface area contributed by atoms with Crippen LogP contribution in [0.4, 0.5) is 5.69 Å². The number of aromatic amines is 1. The van der Waals surface area contributed by atoms with Crippen molar-refractivity contribution in [2.45, 2.75) is 19.9 Å². The zero-order valence-electron chi connectivity index (χ0n) is 15.7. The van der Waals surface area contributed by atoms with E-state index in [0.717, 1.165) is 47.7 Å². The van der Waals surface area contributed by atoms with Gasteiger partial charge in [0.1, 0.15) is 0 Å². The lowest BCUT2D eigenvalue weighted by Crippen LogP contribution is -2.51. The lowest BCUT2D eigenvalue weighted by molar-refractivity contribution is 0.0831. The second-order valence-electron chi connectivity index (χ2n) is 7.24. The molecule has 0 spiro atoms. The Labute approximate surface area is 164 Å². The summed E-state index contributed by atoms with van der Waals surface area (Å²) in [5.41, 5.74) is 4.22. The highest BCUT2D eigenvalue weighted by atomic mass is 35.5. The molecule has 0 unspecified atom stereocenters. The molecule has 2 aromatic carbocycles. The summed E-state index contributed by atoms with van der Waals surface area (Å²) in [5.74, 6) is 0.180. The Morgan fingerprint density at radius 1 is 1.11 bits per heavy atom. The maximum Gasteiger partial charge on any atom is 0.181 e. The van der Waals surface area contributed by atoms with Crippen molar-refractivity contribution < 1.29 is 4.79 Å². The lowest BCUT2D eigenvalue weighted by Gasteiger charge is -2.39. The summed E-state index contributed by atoms with van der Waals surface area (Å²) in [6.07, 6.45) is 1.84. The van der Waals surface area contributed by atoms with Gasteiger partial charge in [0.05, 0.1) is 6.04 Å². The van der Waals surface area contributed by atoms with Gasteiger partial charge in [-0.3, -0.25) is 9.69 Å². The standard InChI is InChI=1S/C22H24ClN3O/c1-15-7-8-17(23)13-21(15)26-11-9-25(10-12-26)16(2)22(27)19-14-24-20-6-4-3-5-18(19)20/h3-8,13-14,16,24H,9-12H2,1-2H3/t16-/m0/s1. The minimum absolute atomic E-state index is 0.133. The molecule has 1 aromatic heterocycles. The number of carbonyl (C=O) groups excluding carboxylic acids is 1. The first kappa shape index (κ1) is 18.1. The van der Waals surface area contributed by atoms with Crippen LogP contribution in [0.5, 0.6) is 0 Å². The predicted octanol–water partition coefficient (Wildman–Crippen LogP) is 4.52. The lowest BCUT2D eigenvalue weighted by atomic mass is 10.0. The van der Waals surface area contributed by atoms with Crippen molar-refractivity contribution in [1.82, 2.24) is 9.88 Å². The normalized spacial score (nSPS) is 16.6. The van der Waals surface area contributed by atoms with Crippen LogP contribution in [0.15, 0.2) is 48.7 Å². The molecule has 1 aliphatic heterocycles. The van der Waals surface area contributed by atoms with Gasteiger partial charge in [0.15, 0.2) is 5.78 Å². The fourth-order valence-electron chi connectivity index (χ4n) is 3.94. The molecule has 0 radical (unpaired) electrons. The van der Waals surface area contributed by atoms with Gasteiger partial charge in [-0.15, -0.1) is 0 Å². The van der Waals surface area contributed by atoms with Gasteiger partial charge in [-0.1, -0.05) is 35.9 Å². The Balaban J connectivity index is 1.46. The van der Waals surface area contributed by atoms with Crippen LogP contribution in [0.25, 0.3) is 10.9 Å². The number of nitrogens with zero attached hydrogens (tertiary/aromatic N) is 2. The number of anilines is 1. The van der Waals surface area contributed by atoms with Gasteiger partial charge in [-0.05, 0) is 37.6 Å². The topological polar surface area (TPSA) is 39.3 Å². The van der Waals surface area contributed by atoms with Crippen LogP contribution in [0.2, 0.25) is 5.02 Å². The van der Waals surface area contributed by atoms with Crippen LogP contribution in [0, 0.1) is 6.92 Å². The number of H-pyrrole nitrogens is 1. The van der Waals surface area contributed by atoms with E-state index in [1.54, 1.807) is 0 Å². The zero-order valence-corrected chi connectivity index (χ0v) is 16.5. The van der Waals surface area contributed by atoms with E-state index in [1.165, 1.54) is 11.3 Å². The van der Waals surface area contributed by atoms with E-state index in [1.807, 2.05) is 49.5 Å². The average Bonchev–Trinajstić information content (AvgIpc) is 3.13. The number of carbonyl (C=O) groups is 1. The van der Waals surface area contributed by atoms with E-state index in [0.29, 0.717) is 0 Å². The molecule has 2 heterocycles. The van der Waals surface area contributed by atoms with Gasteiger partial charge in [0.2, 0.25) is 0 Å². The number of ketones is 1. The van der Waals surface area contributed by atoms with Gasteiger partial charge in [0, 0.05) is 59.6 Å². The summed E-state index contributed by atoms with van der Waals surface area (Å²) in [7, 11) is 0. The third-order valence-electron chi connectivity index (χ3n) is 5.61. The molecule has 1 fully saturated rings. The molecule has 1 atom stereocenters. The van der Waals surface area contributed by atoms with E-state index in [-0.39, 0.29) is 11.8 Å². The highest BCUT2D eigenvalue weighted by molar-refractivity contribution is 6.30. The molecule has 1 N–H and O–H groups in total. The van der Waals surface area contributed by atoms with Crippen molar-refractivity contribution in [2.75, 3.05) is 31.1 Å². The number of nitrogens with one attached hydrogen (secondary N) is 1. The van der Waals surface area contributed by atoms with Gasteiger partial charge in [-0.25, -0.2) is 0 Å². The molecule has 140 valence electrons. The fraction of sp³-hybridized carbons (Fsp3) is 0.318. The summed E-state index contributed by atoms with van der Waals surface area (Å²) >= 11 is 6.18. The van der Waals surface area contributed by atoms with Gasteiger partial charge < -0.3 is 9.88 Å². The number of Topliss-reactive ketones (excluding diaryl/α,β-unsaturated/α-hetero) is 1. The molecule has 5 heteroatoms. The quantitative estimate of drug-likeness (QED) is 0.675. The highest BCUT2D eigenvalue weighted by Crippen LogP contribution is 2.26. The fourth-order valence-corrected chi connectivity index (χ4v) is 4.11. The van der Waals surface area contributed by atoms with Crippen LogP contribution < -0.4 is 4.90 Å². The van der Waals surface area contributed by atoms with E-state index < -0.39 is 0 Å². The number of rotatable bonds is 4. The summed E-state index contributed by atoms with van der Waals surface area (Å²) in [6, 6.07) is 13.9. The number of halogens is 1. The molecule has 3 aromatic rings. The Morgan fingerprint density at radius 3 is 2.63 bits per heavy atom. The third kappa shape index (κ3) is 3.47. The maximum atomic E-state index is 13.1. The number of hydrogen-bond donors (Lipinski definition) is 1. The van der Waals surface area contributed by atoms with E-state index in [9.17, 15) is 4.79 Å². The molecule has 1 aliphatic rings. The third-order valence-corrected chi connectivity index (χ3v) is 5.84. The molecule has 0 saturated carbocycles. The zero-order chi connectivity index (χ0) is 19.0. The Morgan fingerprint density at radius 2 is 1.85 bits per heavy atom. The smallest absolute Gasteiger partial charge is 0.181 e. The second-order valence-corrected chi connectivity index (χ2v) is 7.68. The van der Waals surface area contributed by atoms with Crippen molar-refractivity contribution in [3.63, 3.8) is 0 Å². The number of fused-ring (bicyclic) bond motifs is 1. The van der Waals surface area contributed by atoms with Crippen molar-refractivity contribution in [1.29, 1.82) is 0 Å². The van der Waals surface area contributed by atoms with Crippen LogP contribution in [-0.4, -0.2) is 47.9 Å². The predicted molar refractivity (Wildman–Crippen MR) is 112 cm³/mol. The second kappa shape index (κ2) is 7.37. The maximum absolute atomic E-state index is 13.1. The number of piperazine rings is 1. The van der Waals surface area contributed by atoms with Gasteiger partial charge in [0.25, 0.3) is 0 Å². The number of para-hydroxylation sites is 1. The Bertz CT molecular complexity index is 973. The van der Waals surface area contributed by atoms with Crippen molar-refractivity contribution in [3.8, 4) is 0 Å². The SMILES string of the molecule is Cc1ccc(Cl)cc1N1CCN([C@@H](C)C(=O)c2c[nH]c3ccccc23)CC1. The molecule has 0 aliphatic carbocycles. The number of benzene rings is 2. The Hall–Kier alpha value is -2.30. The first-order valence-corrected chi connectivity index (χ1v) is 9.78. The number of aromatic nitrogens is 1. The first-order chi connectivity index (χ1) is 13.0. The molecule has 27 heavy (non-hydrogen) atoms. The largest absolute Gasteiger partial charge is 0.369 e. The van der Waals surface area contributed by atoms with Crippen molar-refractivity contribution in [3.05, 3.63) is 64.8 Å². The molecule has 0 amide bonds. The van der Waals surface area contributed by atoms with Gasteiger partial charge in [-0.2, -0.15) is 0 Å². The van der Waals surface area contributed by atoms with E-state index in [4.69, 9.17) is 11.6 Å². The molecular weight excluding hydrogens is 358 g/mol. The Kier molecular flexibility index (Phi) is 4.94. The molecule has 4 nitrogen and oxygen atoms in total. The summed E-state index contributed by atoms with van der Waals surface area (Å²) in [5, 5.41) is 1.77. The van der Waals surface area contributed by atoms with Crippen LogP contribution >= 0.6 is 11.6 Å². The molecule has 1 saturated heterocycles. The minimum atomic E-state index is -0.133. The van der Waals surface area contributed by atoms with E-state index >= 15 is 0 Å². The monoisotopic (exact) mass is 381 g/mol. The summed E-state index contributed by atoms with van der Waals surface area (Å²) in [6.45, 7) is 7.65. The van der Waals surface area contributed by atoms with E-state index in [2.05, 4.69) is 27.8 Å². The molecule has 4 rings (SSSR count). The summed E-state index contributed by atoms with van der Waals surface area (Å²) < 4.78 is 0. The van der Waals surface area contributed by atoms with Crippen LogP contribution in [0.1, 0.15) is 22.8 Å². The van der Waals surface area contributed by atoms with Crippen LogP contribution in [0.3, 0.4) is 0 Å². The first-order valence-electron chi connectivity index (χ1n) is 9.40. The van der Waals surface area contributed by atoms with Gasteiger partial charge >= 0.3 is 0 Å². The molecular formula is C22H24ClN3O. The van der Waals surface area contributed by atoms with Crippen molar-refractivity contribution in [2.24, 2.45) is 0 Å².